The maximum atomic E-state index is 13.2. The Bertz CT molecular complexity index is 1400. The van der Waals surface area contributed by atoms with Crippen molar-refractivity contribution in [2.75, 3.05) is 18.1 Å². The van der Waals surface area contributed by atoms with Crippen LogP contribution in [0.3, 0.4) is 0 Å². The number of nitrogens with zero attached hydrogens (tertiary/aromatic N) is 3. The van der Waals surface area contributed by atoms with Gasteiger partial charge in [-0.25, -0.2) is 4.98 Å². The van der Waals surface area contributed by atoms with Crippen LogP contribution in [0, 0.1) is 0 Å². The first-order valence-electron chi connectivity index (χ1n) is 11.6. The topological polar surface area (TPSA) is 47.4 Å². The zero-order valence-corrected chi connectivity index (χ0v) is 20.0. The minimum atomic E-state index is -4.47. The number of anilines is 1. The van der Waals surface area contributed by atoms with Gasteiger partial charge in [0, 0.05) is 31.1 Å². The number of carbonyl (C=O) groups is 1. The lowest BCUT2D eigenvalue weighted by Crippen LogP contribution is -2.25. The number of hydrogen-bond acceptors (Lipinski definition) is 3. The van der Waals surface area contributed by atoms with Crippen molar-refractivity contribution in [2.45, 2.75) is 31.5 Å². The van der Waals surface area contributed by atoms with Crippen molar-refractivity contribution in [3.05, 3.63) is 89.2 Å². The molecule has 1 atom stereocenters. The summed E-state index contributed by atoms with van der Waals surface area (Å²) in [5.74, 6) is 0.897. The number of aryl methyl sites for hydroxylation is 1. The van der Waals surface area contributed by atoms with Gasteiger partial charge in [0.15, 0.2) is 0 Å². The molecule has 0 aliphatic carbocycles. The molecule has 1 amide bonds. The number of amides is 1. The van der Waals surface area contributed by atoms with E-state index in [0.29, 0.717) is 30.3 Å². The highest BCUT2D eigenvalue weighted by atomic mass is 35.5. The number of imidazole rings is 1. The lowest BCUT2D eigenvalue weighted by molar-refractivity contribution is -0.137. The van der Waals surface area contributed by atoms with Crippen molar-refractivity contribution in [1.29, 1.82) is 0 Å². The Morgan fingerprint density at radius 3 is 2.61 bits per heavy atom. The van der Waals surface area contributed by atoms with Crippen LogP contribution in [0.1, 0.15) is 30.1 Å². The highest BCUT2D eigenvalue weighted by molar-refractivity contribution is 6.32. The molecule has 1 aromatic heterocycles. The van der Waals surface area contributed by atoms with Gasteiger partial charge in [-0.2, -0.15) is 13.2 Å². The monoisotopic (exact) mass is 513 g/mol. The Labute approximate surface area is 211 Å². The first-order valence-corrected chi connectivity index (χ1v) is 12.0. The van der Waals surface area contributed by atoms with Gasteiger partial charge in [-0.1, -0.05) is 41.9 Å². The molecule has 9 heteroatoms. The second-order valence-corrected chi connectivity index (χ2v) is 9.10. The molecule has 0 saturated carbocycles. The maximum Gasteiger partial charge on any atom is 0.416 e. The van der Waals surface area contributed by atoms with Gasteiger partial charge in [0.05, 0.1) is 28.2 Å². The second kappa shape index (κ2) is 9.85. The molecule has 0 radical (unpaired) electrons. The van der Waals surface area contributed by atoms with E-state index >= 15 is 0 Å². The molecular formula is C27H23ClF3N3O2. The summed E-state index contributed by atoms with van der Waals surface area (Å²) in [7, 11) is 0. The average Bonchev–Trinajstić information content (AvgIpc) is 3.43. The summed E-state index contributed by atoms with van der Waals surface area (Å²) in [6.45, 7) is 1.31. The van der Waals surface area contributed by atoms with Crippen LogP contribution in [0.5, 0.6) is 5.75 Å². The van der Waals surface area contributed by atoms with E-state index < -0.39 is 11.7 Å². The van der Waals surface area contributed by atoms with E-state index in [0.717, 1.165) is 29.0 Å². The summed E-state index contributed by atoms with van der Waals surface area (Å²) in [5, 5.41) is 0.547. The van der Waals surface area contributed by atoms with E-state index in [9.17, 15) is 18.0 Å². The molecule has 4 aromatic rings. The summed E-state index contributed by atoms with van der Waals surface area (Å²) in [6, 6.07) is 19.9. The number of fused-ring (bicyclic) bond motifs is 1. The number of hydrogen-bond donors (Lipinski definition) is 0. The van der Waals surface area contributed by atoms with Crippen LogP contribution in [0.15, 0.2) is 72.8 Å². The van der Waals surface area contributed by atoms with Crippen LogP contribution in [-0.2, 0) is 17.5 Å². The molecule has 3 aromatic carbocycles. The Hall–Kier alpha value is -3.52. The summed E-state index contributed by atoms with van der Waals surface area (Å²) in [5.41, 5.74) is 1.22. The molecule has 1 aliphatic heterocycles. The largest absolute Gasteiger partial charge is 0.492 e. The standard InChI is InChI=1S/C27H23ClF3N3O2/c28-21-9-1-4-12-24(21)36-14-6-13-33-23-11-3-2-10-22(23)32-26(33)18-15-25(35)34(17-18)20-8-5-7-19(16-20)27(29,30)31/h1-5,7-12,16,18H,6,13-15,17H2. The average molecular weight is 514 g/mol. The van der Waals surface area contributed by atoms with Gasteiger partial charge >= 0.3 is 6.18 Å². The van der Waals surface area contributed by atoms with Crippen LogP contribution < -0.4 is 9.64 Å². The summed E-state index contributed by atoms with van der Waals surface area (Å²) in [6.07, 6.45) is -3.62. The number of benzene rings is 3. The van der Waals surface area contributed by atoms with Crippen molar-refractivity contribution in [3.8, 4) is 5.75 Å². The normalized spacial score (nSPS) is 16.2. The highest BCUT2D eigenvalue weighted by Crippen LogP contribution is 2.36. The van der Waals surface area contributed by atoms with Crippen LogP contribution >= 0.6 is 11.6 Å². The van der Waals surface area contributed by atoms with Gasteiger partial charge < -0.3 is 14.2 Å². The van der Waals surface area contributed by atoms with Crippen molar-refractivity contribution in [1.82, 2.24) is 9.55 Å². The van der Waals surface area contributed by atoms with E-state index in [1.165, 1.54) is 17.0 Å². The van der Waals surface area contributed by atoms with Gasteiger partial charge in [-0.05, 0) is 48.9 Å². The van der Waals surface area contributed by atoms with Crippen LogP contribution in [-0.4, -0.2) is 28.6 Å². The third-order valence-electron chi connectivity index (χ3n) is 6.28. The number of ether oxygens (including phenoxy) is 1. The molecule has 5 nitrogen and oxygen atoms in total. The van der Waals surface area contributed by atoms with Gasteiger partial charge in [0.2, 0.25) is 5.91 Å². The summed E-state index contributed by atoms with van der Waals surface area (Å²) >= 11 is 6.17. The van der Waals surface area contributed by atoms with Crippen LogP contribution in [0.25, 0.3) is 11.0 Å². The number of carbonyl (C=O) groups excluding carboxylic acids is 1. The molecule has 5 rings (SSSR count). The highest BCUT2D eigenvalue weighted by Gasteiger charge is 2.36. The molecule has 36 heavy (non-hydrogen) atoms. The number of para-hydroxylation sites is 3. The quantitative estimate of drug-likeness (QED) is 0.258. The molecule has 0 bridgehead atoms. The van der Waals surface area contributed by atoms with Crippen LogP contribution in [0.4, 0.5) is 18.9 Å². The summed E-state index contributed by atoms with van der Waals surface area (Å²) in [4.78, 5) is 19.1. The molecular weight excluding hydrogens is 491 g/mol. The lowest BCUT2D eigenvalue weighted by atomic mass is 10.1. The zero-order chi connectivity index (χ0) is 25.3. The lowest BCUT2D eigenvalue weighted by Gasteiger charge is -2.19. The minimum absolute atomic E-state index is 0.176. The first-order chi connectivity index (χ1) is 17.3. The molecule has 1 aliphatic rings. The van der Waals surface area contributed by atoms with Gasteiger partial charge in [-0.15, -0.1) is 0 Å². The third-order valence-corrected chi connectivity index (χ3v) is 6.59. The molecule has 0 N–H and O–H groups in total. The Balaban J connectivity index is 1.36. The predicted molar refractivity (Wildman–Crippen MR) is 132 cm³/mol. The Morgan fingerprint density at radius 2 is 1.81 bits per heavy atom. The third kappa shape index (κ3) is 4.91. The predicted octanol–water partition coefficient (Wildman–Crippen LogP) is 6.70. The Morgan fingerprint density at radius 1 is 1.03 bits per heavy atom. The van der Waals surface area contributed by atoms with E-state index in [-0.39, 0.29) is 30.5 Å². The van der Waals surface area contributed by atoms with Crippen LogP contribution in [0.2, 0.25) is 5.02 Å². The Kier molecular flexibility index (Phi) is 6.62. The first kappa shape index (κ1) is 24.2. The fraction of sp³-hybridized carbons (Fsp3) is 0.259. The van der Waals surface area contributed by atoms with E-state index in [1.807, 2.05) is 42.5 Å². The van der Waals surface area contributed by atoms with Gasteiger partial charge in [0.1, 0.15) is 11.6 Å². The number of halogens is 4. The van der Waals surface area contributed by atoms with E-state index in [4.69, 9.17) is 21.3 Å². The van der Waals surface area contributed by atoms with Crippen molar-refractivity contribution in [3.63, 3.8) is 0 Å². The molecule has 2 heterocycles. The number of rotatable bonds is 7. The maximum absolute atomic E-state index is 13.2. The molecule has 0 spiro atoms. The number of alkyl halides is 3. The minimum Gasteiger partial charge on any atom is -0.492 e. The fourth-order valence-electron chi connectivity index (χ4n) is 4.59. The van der Waals surface area contributed by atoms with Gasteiger partial charge in [-0.3, -0.25) is 4.79 Å². The molecule has 186 valence electrons. The molecule has 1 unspecified atom stereocenters. The number of aromatic nitrogens is 2. The van der Waals surface area contributed by atoms with E-state index in [2.05, 4.69) is 4.57 Å². The molecule has 1 fully saturated rings. The SMILES string of the molecule is O=C1CC(c2nc3ccccc3n2CCCOc2ccccc2Cl)CN1c1cccc(C(F)(F)F)c1. The van der Waals surface area contributed by atoms with Crippen molar-refractivity contribution >= 4 is 34.2 Å². The smallest absolute Gasteiger partial charge is 0.416 e. The molecule has 1 saturated heterocycles. The fourth-order valence-corrected chi connectivity index (χ4v) is 4.78. The summed E-state index contributed by atoms with van der Waals surface area (Å²) < 4.78 is 47.5. The second-order valence-electron chi connectivity index (χ2n) is 8.70. The van der Waals surface area contributed by atoms with Gasteiger partial charge in [0.25, 0.3) is 0 Å². The van der Waals surface area contributed by atoms with Crippen molar-refractivity contribution in [2.24, 2.45) is 0 Å². The van der Waals surface area contributed by atoms with Crippen molar-refractivity contribution < 1.29 is 22.7 Å². The van der Waals surface area contributed by atoms with E-state index in [1.54, 1.807) is 6.07 Å². The zero-order valence-electron chi connectivity index (χ0n) is 19.2.